The Kier molecular flexibility index (Phi) is 8.73. The molecule has 0 spiro atoms. The number of ether oxygens (including phenoxy) is 2. The molecule has 5 rings (SSSR count). The van der Waals surface area contributed by atoms with Crippen LogP contribution < -0.4 is 19.7 Å². The topological polar surface area (TPSA) is 134 Å². The zero-order valence-corrected chi connectivity index (χ0v) is 25.1. The van der Waals surface area contributed by atoms with Crippen molar-refractivity contribution in [2.45, 2.75) is 29.6 Å². The molecule has 0 aliphatic carbocycles. The number of nitrogens with zero attached hydrogens (tertiary/aromatic N) is 2. The van der Waals surface area contributed by atoms with Crippen molar-refractivity contribution in [3.8, 4) is 5.75 Å². The lowest BCUT2D eigenvalue weighted by molar-refractivity contribution is 0.0730. The molecular weight excluding hydrogens is 580 g/mol. The monoisotopic (exact) mass is 614 g/mol. The van der Waals surface area contributed by atoms with Crippen LogP contribution in [-0.2, 0) is 24.8 Å². The molecule has 0 saturated carbocycles. The fraction of sp³-hybridized carbons (Fsp3) is 0.345. The lowest BCUT2D eigenvalue weighted by Gasteiger charge is -2.26. The van der Waals surface area contributed by atoms with E-state index in [9.17, 15) is 21.6 Å². The highest BCUT2D eigenvalue weighted by Crippen LogP contribution is 2.33. The molecule has 0 bridgehead atoms. The highest BCUT2D eigenvalue weighted by atomic mass is 32.2. The number of morpholine rings is 1. The summed E-state index contributed by atoms with van der Waals surface area (Å²) in [5, 5.41) is 2.75. The van der Waals surface area contributed by atoms with E-state index in [2.05, 4.69) is 10.0 Å². The van der Waals surface area contributed by atoms with E-state index in [1.165, 1.54) is 23.5 Å². The number of carbonyl (C=O) groups is 1. The summed E-state index contributed by atoms with van der Waals surface area (Å²) in [7, 11) is -6.34. The highest BCUT2D eigenvalue weighted by Gasteiger charge is 2.29. The number of sulfonamides is 2. The summed E-state index contributed by atoms with van der Waals surface area (Å²) >= 11 is 0. The van der Waals surface area contributed by atoms with E-state index in [-0.39, 0.29) is 34.1 Å². The minimum atomic E-state index is -4.05. The van der Waals surface area contributed by atoms with E-state index in [4.69, 9.17) is 9.47 Å². The number of amides is 1. The average Bonchev–Trinajstić information content (AvgIpc) is 3.53. The van der Waals surface area contributed by atoms with Gasteiger partial charge in [0.15, 0.2) is 0 Å². The van der Waals surface area contributed by atoms with Crippen molar-refractivity contribution in [1.29, 1.82) is 0 Å². The Morgan fingerprint density at radius 3 is 2.17 bits per heavy atom. The molecule has 224 valence electrons. The van der Waals surface area contributed by atoms with Gasteiger partial charge in [0.1, 0.15) is 10.6 Å². The summed E-state index contributed by atoms with van der Waals surface area (Å²) < 4.78 is 68.3. The molecule has 11 nitrogen and oxygen atoms in total. The fourth-order valence-corrected chi connectivity index (χ4v) is 8.01. The van der Waals surface area contributed by atoms with E-state index >= 15 is 0 Å². The van der Waals surface area contributed by atoms with Crippen LogP contribution in [0, 0.1) is 6.92 Å². The maximum Gasteiger partial charge on any atom is 0.264 e. The zero-order valence-electron chi connectivity index (χ0n) is 23.5. The summed E-state index contributed by atoms with van der Waals surface area (Å²) in [5.41, 5.74) is 1.83. The quantitative estimate of drug-likeness (QED) is 0.373. The first-order valence-corrected chi connectivity index (χ1v) is 16.6. The number of hydrogen-bond acceptors (Lipinski definition) is 8. The largest absolute Gasteiger partial charge is 0.497 e. The van der Waals surface area contributed by atoms with E-state index < -0.39 is 26.0 Å². The van der Waals surface area contributed by atoms with Crippen LogP contribution in [0.5, 0.6) is 5.75 Å². The summed E-state index contributed by atoms with van der Waals surface area (Å²) in [6.07, 6.45) is 1.90. The Morgan fingerprint density at radius 1 is 0.833 bits per heavy atom. The third kappa shape index (κ3) is 6.38. The van der Waals surface area contributed by atoms with Crippen LogP contribution in [0.2, 0.25) is 0 Å². The van der Waals surface area contributed by atoms with Gasteiger partial charge < -0.3 is 19.7 Å². The minimum absolute atomic E-state index is 0.0255. The minimum Gasteiger partial charge on any atom is -0.497 e. The number of aryl methyl sites for hydroxylation is 1. The first-order chi connectivity index (χ1) is 20.1. The van der Waals surface area contributed by atoms with Crippen molar-refractivity contribution >= 4 is 43.0 Å². The van der Waals surface area contributed by atoms with Gasteiger partial charge in [-0.1, -0.05) is 6.07 Å². The first-order valence-electron chi connectivity index (χ1n) is 13.6. The summed E-state index contributed by atoms with van der Waals surface area (Å²) in [4.78, 5) is 15.4. The third-order valence-corrected chi connectivity index (χ3v) is 10.8. The second-order valence-corrected chi connectivity index (χ2v) is 13.7. The van der Waals surface area contributed by atoms with Crippen LogP contribution in [0.4, 0.5) is 17.1 Å². The van der Waals surface area contributed by atoms with Crippen LogP contribution in [0.1, 0.15) is 28.8 Å². The molecule has 1 amide bonds. The van der Waals surface area contributed by atoms with E-state index in [0.717, 1.165) is 25.9 Å². The van der Waals surface area contributed by atoms with E-state index in [0.29, 0.717) is 35.9 Å². The number of benzene rings is 3. The molecular formula is C29H34N4O7S2. The van der Waals surface area contributed by atoms with Gasteiger partial charge in [0.2, 0.25) is 10.0 Å². The molecule has 13 heteroatoms. The van der Waals surface area contributed by atoms with Crippen molar-refractivity contribution in [2.24, 2.45) is 0 Å². The lowest BCUT2D eigenvalue weighted by Crippen LogP contribution is -2.40. The molecule has 2 fully saturated rings. The average molecular weight is 615 g/mol. The van der Waals surface area contributed by atoms with Gasteiger partial charge in [-0.05, 0) is 79.9 Å². The van der Waals surface area contributed by atoms with Gasteiger partial charge in [0.05, 0.1) is 30.9 Å². The highest BCUT2D eigenvalue weighted by molar-refractivity contribution is 7.93. The van der Waals surface area contributed by atoms with Gasteiger partial charge in [-0.25, -0.2) is 16.8 Å². The molecule has 0 atom stereocenters. The SMILES string of the molecule is COc1ccc(NS(=O)(=O)c2cc(NC(=O)c3ccc(C)c(S(=O)(=O)N4CCOCC4)c3)ccc2N2CCCC2)cc1. The zero-order chi connectivity index (χ0) is 29.9. The molecule has 2 N–H and O–H groups in total. The number of anilines is 3. The van der Waals surface area contributed by atoms with Crippen molar-refractivity contribution in [2.75, 3.05) is 61.4 Å². The maximum atomic E-state index is 13.6. The van der Waals surface area contributed by atoms with E-state index in [1.807, 2.05) is 4.90 Å². The number of hydrogen-bond donors (Lipinski definition) is 2. The molecule has 0 aromatic heterocycles. The molecule has 2 saturated heterocycles. The van der Waals surface area contributed by atoms with Crippen LogP contribution >= 0.6 is 0 Å². The predicted octanol–water partition coefficient (Wildman–Crippen LogP) is 3.68. The molecule has 0 radical (unpaired) electrons. The molecule has 42 heavy (non-hydrogen) atoms. The second kappa shape index (κ2) is 12.3. The van der Waals surface area contributed by atoms with E-state index in [1.54, 1.807) is 55.5 Å². The standard InChI is InChI=1S/C29H34N4O7S2/c1-21-5-6-22(19-27(21)42(37,38)33-15-17-40-18-16-33)29(34)30-24-9-12-26(32-13-3-4-14-32)28(20-24)41(35,36)31-23-7-10-25(39-2)11-8-23/h5-12,19-20,31H,3-4,13-18H2,1-2H3,(H,30,34). The Labute approximate surface area is 246 Å². The molecule has 2 aliphatic heterocycles. The van der Waals surface area contributed by atoms with Gasteiger partial charge in [-0.3, -0.25) is 9.52 Å². The summed E-state index contributed by atoms with van der Waals surface area (Å²) in [6.45, 7) is 4.22. The smallest absolute Gasteiger partial charge is 0.264 e. The molecule has 3 aromatic rings. The van der Waals surface area contributed by atoms with Gasteiger partial charge in [0.25, 0.3) is 15.9 Å². The van der Waals surface area contributed by atoms with Crippen LogP contribution in [0.25, 0.3) is 0 Å². The number of carbonyl (C=O) groups excluding carboxylic acids is 1. The second-order valence-electron chi connectivity index (χ2n) is 10.2. The third-order valence-electron chi connectivity index (χ3n) is 7.33. The van der Waals surface area contributed by atoms with Gasteiger partial charge in [-0.2, -0.15) is 4.31 Å². The predicted molar refractivity (Wildman–Crippen MR) is 160 cm³/mol. The molecule has 2 heterocycles. The fourth-order valence-electron chi connectivity index (χ4n) is 5.04. The van der Waals surface area contributed by atoms with Crippen LogP contribution in [0.15, 0.2) is 70.5 Å². The Morgan fingerprint density at radius 2 is 1.50 bits per heavy atom. The molecule has 0 unspecified atom stereocenters. The van der Waals surface area contributed by atoms with Gasteiger partial charge in [0, 0.05) is 43.1 Å². The normalized spacial score (nSPS) is 16.3. The summed E-state index contributed by atoms with van der Waals surface area (Å²) in [6, 6.07) is 15.8. The number of rotatable bonds is 9. The number of nitrogens with one attached hydrogen (secondary N) is 2. The Bertz CT molecular complexity index is 1660. The van der Waals surface area contributed by atoms with Crippen molar-refractivity contribution < 1.29 is 31.1 Å². The van der Waals surface area contributed by atoms with Crippen LogP contribution in [-0.4, -0.2) is 73.6 Å². The first kappa shape index (κ1) is 29.8. The lowest BCUT2D eigenvalue weighted by atomic mass is 10.1. The molecule has 3 aromatic carbocycles. The van der Waals surface area contributed by atoms with Gasteiger partial charge in [-0.15, -0.1) is 0 Å². The Hall–Kier alpha value is -3.65. The maximum absolute atomic E-state index is 13.6. The number of methoxy groups -OCH3 is 1. The van der Waals surface area contributed by atoms with Crippen LogP contribution in [0.3, 0.4) is 0 Å². The summed E-state index contributed by atoms with van der Waals surface area (Å²) in [5.74, 6) is 0.0335. The van der Waals surface area contributed by atoms with Crippen molar-refractivity contribution in [1.82, 2.24) is 4.31 Å². The van der Waals surface area contributed by atoms with Crippen molar-refractivity contribution in [3.63, 3.8) is 0 Å². The van der Waals surface area contributed by atoms with Gasteiger partial charge >= 0.3 is 0 Å². The van der Waals surface area contributed by atoms with Crippen molar-refractivity contribution in [3.05, 3.63) is 71.8 Å². The Balaban J connectivity index is 1.43. The molecule has 2 aliphatic rings.